The predicted octanol–water partition coefficient (Wildman–Crippen LogP) is 4.04. The van der Waals surface area contributed by atoms with Crippen molar-refractivity contribution >= 4 is 22.9 Å². The highest BCUT2D eigenvalue weighted by Crippen LogP contribution is 2.27. The van der Waals surface area contributed by atoms with Crippen molar-refractivity contribution in [3.63, 3.8) is 0 Å². The Kier molecular flexibility index (Phi) is 4.12. The van der Waals surface area contributed by atoms with Gasteiger partial charge in [0.2, 0.25) is 0 Å². The Labute approximate surface area is 134 Å². The highest BCUT2D eigenvalue weighted by Gasteiger charge is 2.17. The number of hydrogen-bond acceptors (Lipinski definition) is 4. The molecular weight excluding hydrogens is 320 g/mol. The summed E-state index contributed by atoms with van der Waals surface area (Å²) >= 11 is 1.18. The minimum atomic E-state index is -0.754. The molecule has 116 valence electrons. The van der Waals surface area contributed by atoms with Gasteiger partial charge in [-0.3, -0.25) is 9.78 Å². The Bertz CT molecular complexity index is 845. The van der Waals surface area contributed by atoms with Gasteiger partial charge in [-0.15, -0.1) is 11.3 Å². The number of nitrogens with zero attached hydrogens (tertiary/aromatic N) is 2. The molecule has 1 aromatic carbocycles. The normalized spacial score (nSPS) is 10.6. The van der Waals surface area contributed by atoms with E-state index in [1.54, 1.807) is 25.3 Å². The first-order valence-corrected chi connectivity index (χ1v) is 7.51. The molecule has 0 atom stereocenters. The summed E-state index contributed by atoms with van der Waals surface area (Å²) < 4.78 is 26.4. The summed E-state index contributed by atoms with van der Waals surface area (Å²) in [6.07, 6.45) is 1.64. The maximum atomic E-state index is 13.2. The quantitative estimate of drug-likeness (QED) is 0.788. The van der Waals surface area contributed by atoms with Gasteiger partial charge in [-0.2, -0.15) is 0 Å². The van der Waals surface area contributed by atoms with E-state index in [1.165, 1.54) is 11.3 Å². The van der Waals surface area contributed by atoms with Crippen LogP contribution in [-0.4, -0.2) is 15.9 Å². The van der Waals surface area contributed by atoms with E-state index in [9.17, 15) is 13.6 Å². The van der Waals surface area contributed by atoms with Crippen molar-refractivity contribution in [2.45, 2.75) is 6.92 Å². The number of nitrogens with one attached hydrogen (secondary N) is 1. The van der Waals surface area contributed by atoms with E-state index in [2.05, 4.69) is 15.3 Å². The molecule has 2 aromatic heterocycles. The fourth-order valence-electron chi connectivity index (χ4n) is 2.02. The maximum Gasteiger partial charge on any atom is 0.267 e. The Hall–Kier alpha value is -2.67. The van der Waals surface area contributed by atoms with Crippen molar-refractivity contribution in [2.75, 3.05) is 5.32 Å². The second kappa shape index (κ2) is 6.21. The third-order valence-electron chi connectivity index (χ3n) is 3.01. The van der Waals surface area contributed by atoms with Crippen LogP contribution in [0.25, 0.3) is 10.7 Å². The molecule has 0 aliphatic rings. The SMILES string of the molecule is Cc1nc(-c2ccccn2)sc1C(=O)Nc1cc(F)cc(F)c1. The van der Waals surface area contributed by atoms with Crippen LogP contribution in [0.1, 0.15) is 15.4 Å². The Morgan fingerprint density at radius 3 is 2.57 bits per heavy atom. The molecule has 1 N–H and O–H groups in total. The molecule has 0 unspecified atom stereocenters. The molecule has 0 spiro atoms. The first kappa shape index (κ1) is 15.2. The van der Waals surface area contributed by atoms with Gasteiger partial charge in [-0.05, 0) is 31.2 Å². The number of hydrogen-bond donors (Lipinski definition) is 1. The summed E-state index contributed by atoms with van der Waals surface area (Å²) in [5.74, 6) is -1.97. The van der Waals surface area contributed by atoms with Gasteiger partial charge in [0, 0.05) is 18.0 Å². The molecule has 7 heteroatoms. The first-order valence-electron chi connectivity index (χ1n) is 6.69. The lowest BCUT2D eigenvalue weighted by Gasteiger charge is -2.04. The van der Waals surface area contributed by atoms with Crippen LogP contribution in [0.15, 0.2) is 42.6 Å². The molecule has 0 bridgehead atoms. The average Bonchev–Trinajstić information content (AvgIpc) is 2.89. The number of anilines is 1. The van der Waals surface area contributed by atoms with E-state index in [0.717, 1.165) is 18.2 Å². The Balaban J connectivity index is 1.87. The molecule has 2 heterocycles. The van der Waals surface area contributed by atoms with Crippen LogP contribution in [0.2, 0.25) is 0 Å². The Morgan fingerprint density at radius 1 is 1.17 bits per heavy atom. The lowest BCUT2D eigenvalue weighted by Crippen LogP contribution is -2.11. The summed E-state index contributed by atoms with van der Waals surface area (Å²) in [6.45, 7) is 1.70. The zero-order valence-electron chi connectivity index (χ0n) is 12.0. The highest BCUT2D eigenvalue weighted by atomic mass is 32.1. The molecule has 0 fully saturated rings. The highest BCUT2D eigenvalue weighted by molar-refractivity contribution is 7.17. The summed E-state index contributed by atoms with van der Waals surface area (Å²) in [5, 5.41) is 3.09. The van der Waals surface area contributed by atoms with Gasteiger partial charge in [0.1, 0.15) is 21.5 Å². The molecular formula is C16H11F2N3OS. The lowest BCUT2D eigenvalue weighted by atomic mass is 10.3. The van der Waals surface area contributed by atoms with Gasteiger partial charge in [-0.1, -0.05) is 6.07 Å². The van der Waals surface area contributed by atoms with E-state index in [-0.39, 0.29) is 5.69 Å². The molecule has 1 amide bonds. The van der Waals surface area contributed by atoms with Gasteiger partial charge in [-0.25, -0.2) is 13.8 Å². The fraction of sp³-hybridized carbons (Fsp3) is 0.0625. The standard InChI is InChI=1S/C16H11F2N3OS/c1-9-14(23-16(20-9)13-4-2-3-5-19-13)15(22)21-12-7-10(17)6-11(18)8-12/h2-8H,1H3,(H,21,22). The third-order valence-corrected chi connectivity index (χ3v) is 4.19. The molecule has 0 saturated carbocycles. The molecule has 0 aliphatic carbocycles. The van der Waals surface area contributed by atoms with Crippen molar-refractivity contribution in [3.05, 3.63) is 64.8 Å². The monoisotopic (exact) mass is 331 g/mol. The maximum absolute atomic E-state index is 13.2. The molecule has 0 saturated heterocycles. The summed E-state index contributed by atoms with van der Waals surface area (Å²) in [6, 6.07) is 8.26. The molecule has 23 heavy (non-hydrogen) atoms. The average molecular weight is 331 g/mol. The largest absolute Gasteiger partial charge is 0.321 e. The summed E-state index contributed by atoms with van der Waals surface area (Å²) in [5.41, 5.74) is 1.25. The second-order valence-electron chi connectivity index (χ2n) is 4.76. The topological polar surface area (TPSA) is 54.9 Å². The second-order valence-corrected chi connectivity index (χ2v) is 5.76. The number of halogens is 2. The van der Waals surface area contributed by atoms with E-state index in [1.807, 2.05) is 6.07 Å². The van der Waals surface area contributed by atoms with Gasteiger partial charge < -0.3 is 5.32 Å². The minimum absolute atomic E-state index is 0.0553. The van der Waals surface area contributed by atoms with Gasteiger partial charge >= 0.3 is 0 Å². The van der Waals surface area contributed by atoms with Crippen LogP contribution in [0.3, 0.4) is 0 Å². The number of carbonyl (C=O) groups is 1. The molecule has 4 nitrogen and oxygen atoms in total. The first-order chi connectivity index (χ1) is 11.0. The van der Waals surface area contributed by atoms with Crippen LogP contribution in [-0.2, 0) is 0 Å². The smallest absolute Gasteiger partial charge is 0.267 e. The van der Waals surface area contributed by atoms with Crippen LogP contribution in [0, 0.1) is 18.6 Å². The number of rotatable bonds is 3. The van der Waals surface area contributed by atoms with Gasteiger partial charge in [0.05, 0.1) is 11.4 Å². The Morgan fingerprint density at radius 2 is 1.91 bits per heavy atom. The minimum Gasteiger partial charge on any atom is -0.321 e. The number of thiazole rings is 1. The molecule has 3 aromatic rings. The van der Waals surface area contributed by atoms with Gasteiger partial charge in [0.25, 0.3) is 5.91 Å². The van der Waals surface area contributed by atoms with Crippen LogP contribution >= 0.6 is 11.3 Å². The predicted molar refractivity (Wildman–Crippen MR) is 84.4 cm³/mol. The van der Waals surface area contributed by atoms with Crippen LogP contribution in [0.5, 0.6) is 0 Å². The van der Waals surface area contributed by atoms with Crippen molar-refractivity contribution < 1.29 is 13.6 Å². The number of aryl methyl sites for hydroxylation is 1. The van der Waals surface area contributed by atoms with E-state index >= 15 is 0 Å². The van der Waals surface area contributed by atoms with E-state index in [4.69, 9.17) is 0 Å². The van der Waals surface area contributed by atoms with Crippen molar-refractivity contribution in [2.24, 2.45) is 0 Å². The number of amides is 1. The summed E-state index contributed by atoms with van der Waals surface area (Å²) in [4.78, 5) is 21.2. The number of benzene rings is 1. The lowest BCUT2D eigenvalue weighted by molar-refractivity contribution is 0.103. The number of aromatic nitrogens is 2. The molecule has 0 radical (unpaired) electrons. The van der Waals surface area contributed by atoms with Crippen molar-refractivity contribution in [1.82, 2.24) is 9.97 Å². The molecule has 0 aliphatic heterocycles. The fourth-order valence-corrected chi connectivity index (χ4v) is 2.96. The third kappa shape index (κ3) is 3.40. The van der Waals surface area contributed by atoms with Crippen molar-refractivity contribution in [1.29, 1.82) is 0 Å². The summed E-state index contributed by atoms with van der Waals surface area (Å²) in [7, 11) is 0. The van der Waals surface area contributed by atoms with Crippen LogP contribution < -0.4 is 5.32 Å². The van der Waals surface area contributed by atoms with Crippen molar-refractivity contribution in [3.8, 4) is 10.7 Å². The van der Waals surface area contributed by atoms with E-state index < -0.39 is 17.5 Å². The van der Waals surface area contributed by atoms with Crippen LogP contribution in [0.4, 0.5) is 14.5 Å². The van der Waals surface area contributed by atoms with Gasteiger partial charge in [0.15, 0.2) is 0 Å². The number of carbonyl (C=O) groups excluding carboxylic acids is 1. The van der Waals surface area contributed by atoms with E-state index in [0.29, 0.717) is 21.3 Å². The zero-order valence-corrected chi connectivity index (χ0v) is 12.8. The zero-order chi connectivity index (χ0) is 16.4. The molecule has 3 rings (SSSR count). The number of pyridine rings is 1.